The van der Waals surface area contributed by atoms with E-state index in [-0.39, 0.29) is 16.4 Å². The highest BCUT2D eigenvalue weighted by molar-refractivity contribution is 7.91. The van der Waals surface area contributed by atoms with Gasteiger partial charge in [-0.25, -0.2) is 8.42 Å². The molecule has 1 amide bonds. The van der Waals surface area contributed by atoms with Crippen molar-refractivity contribution in [3.63, 3.8) is 0 Å². The van der Waals surface area contributed by atoms with Crippen LogP contribution in [0.1, 0.15) is 28.8 Å². The number of sulfone groups is 1. The number of carbonyl (C=O) groups is 1. The molecule has 0 spiro atoms. The lowest BCUT2D eigenvalue weighted by Gasteiger charge is -2.33. The number of nitrogens with zero attached hydrogens (tertiary/aromatic N) is 2. The summed E-state index contributed by atoms with van der Waals surface area (Å²) >= 11 is 0. The first kappa shape index (κ1) is 18.2. The van der Waals surface area contributed by atoms with E-state index >= 15 is 0 Å². The van der Waals surface area contributed by atoms with Gasteiger partial charge in [-0.15, -0.1) is 0 Å². The largest absolute Gasteiger partial charge is 0.391 e. The van der Waals surface area contributed by atoms with Crippen LogP contribution in [0, 0.1) is 6.92 Å². The summed E-state index contributed by atoms with van der Waals surface area (Å²) in [7, 11) is -3.60. The predicted molar refractivity (Wildman–Crippen MR) is 91.9 cm³/mol. The molecule has 2 rings (SSSR count). The highest BCUT2D eigenvalue weighted by atomic mass is 32.2. The molecule has 1 aromatic rings. The van der Waals surface area contributed by atoms with Gasteiger partial charge in [0.2, 0.25) is 0 Å². The number of hydrogen-bond acceptors (Lipinski definition) is 5. The minimum absolute atomic E-state index is 0.0632. The van der Waals surface area contributed by atoms with Crippen molar-refractivity contribution in [2.24, 2.45) is 16.5 Å². The Kier molecular flexibility index (Phi) is 5.14. The predicted octanol–water partition coefficient (Wildman–Crippen LogP) is -0.227. The van der Waals surface area contributed by atoms with Gasteiger partial charge in [0.15, 0.2) is 15.8 Å². The van der Waals surface area contributed by atoms with Crippen molar-refractivity contribution in [1.82, 2.24) is 0 Å². The Hall–Kier alpha value is -2.13. The number of carbonyl (C=O) groups excluding carboxylic acids is 1. The molecule has 0 saturated carbocycles. The van der Waals surface area contributed by atoms with Gasteiger partial charge in [-0.05, 0) is 37.5 Å². The van der Waals surface area contributed by atoms with E-state index < -0.39 is 21.8 Å². The Bertz CT molecular complexity index is 785. The van der Waals surface area contributed by atoms with Crippen molar-refractivity contribution in [1.29, 1.82) is 0 Å². The molecule has 0 aliphatic carbocycles. The van der Waals surface area contributed by atoms with Crippen LogP contribution in [0.25, 0.3) is 0 Å². The Labute approximate surface area is 141 Å². The smallest absolute Gasteiger partial charge is 0.280 e. The molecule has 1 saturated heterocycles. The Balaban J connectivity index is 2.60. The number of amides is 1. The van der Waals surface area contributed by atoms with Gasteiger partial charge in [0, 0.05) is 24.9 Å². The molecule has 1 heterocycles. The summed E-state index contributed by atoms with van der Waals surface area (Å²) < 4.78 is 24.6. The third-order valence-corrected chi connectivity index (χ3v) is 5.21. The minimum atomic E-state index is -3.60. The van der Waals surface area contributed by atoms with E-state index in [4.69, 9.17) is 11.5 Å². The lowest BCUT2D eigenvalue weighted by atomic mass is 10.0. The van der Waals surface area contributed by atoms with Gasteiger partial charge < -0.3 is 21.5 Å². The number of aliphatic hydroxyl groups excluding tert-OH is 1. The van der Waals surface area contributed by atoms with E-state index in [0.717, 1.165) is 12.7 Å². The third-order valence-electron chi connectivity index (χ3n) is 3.95. The zero-order chi connectivity index (χ0) is 18.1. The van der Waals surface area contributed by atoms with Crippen LogP contribution >= 0.6 is 0 Å². The number of anilines is 1. The number of aliphatic hydroxyl groups is 1. The van der Waals surface area contributed by atoms with Crippen LogP contribution in [0.3, 0.4) is 0 Å². The van der Waals surface area contributed by atoms with Crippen molar-refractivity contribution >= 4 is 27.4 Å². The second-order valence-electron chi connectivity index (χ2n) is 5.94. The van der Waals surface area contributed by atoms with Gasteiger partial charge in [-0.3, -0.25) is 4.79 Å². The highest BCUT2D eigenvalue weighted by Crippen LogP contribution is 2.32. The molecule has 24 heavy (non-hydrogen) atoms. The first-order chi connectivity index (χ1) is 11.1. The van der Waals surface area contributed by atoms with Gasteiger partial charge in [-0.1, -0.05) is 0 Å². The normalized spacial score (nSPS) is 18.3. The van der Waals surface area contributed by atoms with E-state index in [9.17, 15) is 18.3 Å². The van der Waals surface area contributed by atoms with Crippen LogP contribution in [0.5, 0.6) is 0 Å². The molecule has 1 fully saturated rings. The van der Waals surface area contributed by atoms with Gasteiger partial charge in [0.25, 0.3) is 5.91 Å². The van der Waals surface area contributed by atoms with E-state index in [2.05, 4.69) is 4.99 Å². The average Bonchev–Trinajstić information content (AvgIpc) is 2.44. The molecule has 1 aromatic carbocycles. The number of hydrogen-bond donors (Lipinski definition) is 3. The number of nitrogens with two attached hydrogens (primary N) is 2. The van der Waals surface area contributed by atoms with Gasteiger partial charge in [0.05, 0.1) is 16.7 Å². The monoisotopic (exact) mass is 354 g/mol. The number of β-amino-alcohol motifs (C(OH)–C–C–N with tert-alkyl or cyclic N) is 1. The van der Waals surface area contributed by atoms with Crippen molar-refractivity contribution in [2.75, 3.05) is 24.2 Å². The number of rotatable bonds is 3. The summed E-state index contributed by atoms with van der Waals surface area (Å²) in [6.07, 6.45) is 2.03. The number of aliphatic imine (C=N–C) groups is 1. The maximum Gasteiger partial charge on any atom is 0.280 e. The second kappa shape index (κ2) is 6.78. The maximum atomic E-state index is 12.3. The molecule has 0 aromatic heterocycles. The molecule has 1 aliphatic rings. The molecular weight excluding hydrogens is 332 g/mol. The van der Waals surface area contributed by atoms with Crippen molar-refractivity contribution in [2.45, 2.75) is 30.8 Å². The van der Waals surface area contributed by atoms with Crippen LogP contribution in [-0.4, -0.2) is 50.8 Å². The van der Waals surface area contributed by atoms with E-state index in [1.165, 1.54) is 6.07 Å². The maximum absolute atomic E-state index is 12.3. The van der Waals surface area contributed by atoms with Crippen LogP contribution in [0.15, 0.2) is 22.0 Å². The first-order valence-electron chi connectivity index (χ1n) is 7.52. The summed E-state index contributed by atoms with van der Waals surface area (Å²) in [5.41, 5.74) is 11.3. The van der Waals surface area contributed by atoms with Crippen LogP contribution in [0.2, 0.25) is 0 Å². The minimum Gasteiger partial charge on any atom is -0.391 e. The zero-order valence-corrected chi connectivity index (χ0v) is 14.5. The summed E-state index contributed by atoms with van der Waals surface area (Å²) in [6, 6.07) is 3.08. The van der Waals surface area contributed by atoms with E-state index in [1.54, 1.807) is 13.0 Å². The fraction of sp³-hybridized carbons (Fsp3) is 0.467. The van der Waals surface area contributed by atoms with Crippen LogP contribution in [0.4, 0.5) is 5.69 Å². The fourth-order valence-electron chi connectivity index (χ4n) is 2.98. The molecule has 9 heteroatoms. The average molecular weight is 354 g/mol. The van der Waals surface area contributed by atoms with Gasteiger partial charge >= 0.3 is 0 Å². The molecule has 1 atom stereocenters. The quantitative estimate of drug-likeness (QED) is 0.503. The third kappa shape index (κ3) is 3.85. The first-order valence-corrected chi connectivity index (χ1v) is 9.41. The SMILES string of the molecule is Cc1c(C(=O)N=C(N)N)ccc(N2CCCC(O)C2)c1S(C)(=O)=O. The molecule has 1 aliphatic heterocycles. The second-order valence-corrected chi connectivity index (χ2v) is 7.90. The molecule has 8 nitrogen and oxygen atoms in total. The van der Waals surface area contributed by atoms with Gasteiger partial charge in [-0.2, -0.15) is 4.99 Å². The summed E-state index contributed by atoms with van der Waals surface area (Å²) in [6.45, 7) is 2.54. The zero-order valence-electron chi connectivity index (χ0n) is 13.7. The summed E-state index contributed by atoms with van der Waals surface area (Å²) in [5, 5.41) is 9.86. The van der Waals surface area contributed by atoms with Crippen LogP contribution < -0.4 is 16.4 Å². The lowest BCUT2D eigenvalue weighted by molar-refractivity contribution is 0.100. The molecule has 1 unspecified atom stereocenters. The molecule has 5 N–H and O–H groups in total. The fourth-order valence-corrected chi connectivity index (χ4v) is 4.22. The lowest BCUT2D eigenvalue weighted by Crippen LogP contribution is -2.39. The van der Waals surface area contributed by atoms with Crippen molar-refractivity contribution in [3.05, 3.63) is 23.3 Å². The molecular formula is C15H22N4O4S. The Morgan fingerprint density at radius 2 is 2.04 bits per heavy atom. The molecule has 132 valence electrons. The topological polar surface area (TPSA) is 139 Å². The number of guanidine groups is 1. The van der Waals surface area contributed by atoms with Gasteiger partial charge in [0.1, 0.15) is 0 Å². The molecule has 0 bridgehead atoms. The highest BCUT2D eigenvalue weighted by Gasteiger charge is 2.27. The standard InChI is InChI=1S/C15H22N4O4S/c1-9-11(14(21)18-15(16)17)5-6-12(13(9)24(2,22)23)19-7-3-4-10(20)8-19/h5-6,10,20H,3-4,7-8H2,1-2H3,(H4,16,17,18,21). The van der Waals surface area contributed by atoms with Crippen molar-refractivity contribution < 1.29 is 18.3 Å². The summed E-state index contributed by atoms with van der Waals surface area (Å²) in [4.78, 5) is 17.5. The Morgan fingerprint density at radius 3 is 2.58 bits per heavy atom. The van der Waals surface area contributed by atoms with Crippen LogP contribution in [-0.2, 0) is 9.84 Å². The number of benzene rings is 1. The van der Waals surface area contributed by atoms with E-state index in [1.807, 2.05) is 4.90 Å². The summed E-state index contributed by atoms with van der Waals surface area (Å²) in [5.74, 6) is -1.08. The Morgan fingerprint density at radius 1 is 1.38 bits per heavy atom. The van der Waals surface area contributed by atoms with Crippen molar-refractivity contribution in [3.8, 4) is 0 Å². The molecule has 0 radical (unpaired) electrons. The van der Waals surface area contributed by atoms with E-state index in [0.29, 0.717) is 30.8 Å². The number of piperidine rings is 1.